The minimum absolute atomic E-state index is 0.0161. The van der Waals surface area contributed by atoms with Gasteiger partial charge < -0.3 is 14.2 Å². The van der Waals surface area contributed by atoms with Gasteiger partial charge in [-0.15, -0.1) is 0 Å². The Morgan fingerprint density at radius 3 is 2.73 bits per heavy atom. The van der Waals surface area contributed by atoms with Crippen molar-refractivity contribution >= 4 is 0 Å². The van der Waals surface area contributed by atoms with Crippen molar-refractivity contribution in [3.8, 4) is 0 Å². The summed E-state index contributed by atoms with van der Waals surface area (Å²) in [6.07, 6.45) is 5.61. The lowest BCUT2D eigenvalue weighted by atomic mass is 9.89. The van der Waals surface area contributed by atoms with Crippen LogP contribution in [0.15, 0.2) is 30.3 Å². The fourth-order valence-electron chi connectivity index (χ4n) is 2.65. The zero-order valence-electron chi connectivity index (χ0n) is 14.1. The molecule has 1 aromatic carbocycles. The average Bonchev–Trinajstić information content (AvgIpc) is 2.55. The summed E-state index contributed by atoms with van der Waals surface area (Å²) < 4.78 is 17.3. The van der Waals surface area contributed by atoms with Crippen molar-refractivity contribution < 1.29 is 14.2 Å². The fourth-order valence-corrected chi connectivity index (χ4v) is 2.65. The first-order valence-electron chi connectivity index (χ1n) is 8.51. The van der Waals surface area contributed by atoms with Crippen LogP contribution in [0.2, 0.25) is 0 Å². The first kappa shape index (κ1) is 17.5. The Bertz CT molecular complexity index is 396. The third-order valence-corrected chi connectivity index (χ3v) is 4.05. The Balaban J connectivity index is 1.54. The topological polar surface area (TPSA) is 27.7 Å². The van der Waals surface area contributed by atoms with Crippen LogP contribution in [0, 0.1) is 5.41 Å². The molecular formula is C19H30O3. The molecule has 1 heterocycles. The number of rotatable bonds is 9. The largest absolute Gasteiger partial charge is 0.377 e. The van der Waals surface area contributed by atoms with Gasteiger partial charge in [0.25, 0.3) is 0 Å². The molecule has 3 nitrogen and oxygen atoms in total. The van der Waals surface area contributed by atoms with Crippen LogP contribution in [0.25, 0.3) is 0 Å². The molecule has 1 aliphatic rings. The van der Waals surface area contributed by atoms with E-state index in [0.717, 1.165) is 39.1 Å². The molecular weight excluding hydrogens is 276 g/mol. The van der Waals surface area contributed by atoms with Crippen molar-refractivity contribution in [1.29, 1.82) is 0 Å². The van der Waals surface area contributed by atoms with Gasteiger partial charge >= 0.3 is 0 Å². The van der Waals surface area contributed by atoms with Crippen LogP contribution in [0.3, 0.4) is 0 Å². The summed E-state index contributed by atoms with van der Waals surface area (Å²) >= 11 is 0. The smallest absolute Gasteiger partial charge is 0.157 e. The van der Waals surface area contributed by atoms with E-state index in [9.17, 15) is 0 Å². The zero-order chi connectivity index (χ0) is 15.7. The van der Waals surface area contributed by atoms with Crippen LogP contribution < -0.4 is 0 Å². The van der Waals surface area contributed by atoms with Crippen LogP contribution in [-0.2, 0) is 20.8 Å². The van der Waals surface area contributed by atoms with E-state index in [2.05, 4.69) is 26.0 Å². The Morgan fingerprint density at radius 1 is 1.18 bits per heavy atom. The standard InChI is InChI=1S/C19H30O3/c1-19(2,16-22-18-11-6-7-14-21-18)12-8-13-20-15-17-9-4-3-5-10-17/h3-5,9-10,18H,6-8,11-16H2,1-2H3. The molecule has 0 spiro atoms. The summed E-state index contributed by atoms with van der Waals surface area (Å²) in [5, 5.41) is 0. The van der Waals surface area contributed by atoms with E-state index in [1.165, 1.54) is 18.4 Å². The second-order valence-corrected chi connectivity index (χ2v) is 6.91. The molecule has 0 aromatic heterocycles. The quantitative estimate of drug-likeness (QED) is 0.626. The Hall–Kier alpha value is -0.900. The molecule has 0 N–H and O–H groups in total. The van der Waals surface area contributed by atoms with E-state index in [-0.39, 0.29) is 11.7 Å². The highest BCUT2D eigenvalue weighted by Crippen LogP contribution is 2.25. The summed E-state index contributed by atoms with van der Waals surface area (Å²) in [6, 6.07) is 10.3. The van der Waals surface area contributed by atoms with Crippen molar-refractivity contribution in [3.63, 3.8) is 0 Å². The van der Waals surface area contributed by atoms with E-state index in [1.807, 2.05) is 18.2 Å². The normalized spacial score (nSPS) is 19.3. The summed E-state index contributed by atoms with van der Waals surface area (Å²) in [7, 11) is 0. The lowest BCUT2D eigenvalue weighted by Crippen LogP contribution is -2.28. The van der Waals surface area contributed by atoms with Gasteiger partial charge in [-0.1, -0.05) is 44.2 Å². The number of benzene rings is 1. The van der Waals surface area contributed by atoms with Gasteiger partial charge in [0.2, 0.25) is 0 Å². The molecule has 0 saturated carbocycles. The van der Waals surface area contributed by atoms with Gasteiger partial charge in [-0.2, -0.15) is 0 Å². The zero-order valence-corrected chi connectivity index (χ0v) is 14.1. The van der Waals surface area contributed by atoms with Crippen molar-refractivity contribution in [2.75, 3.05) is 19.8 Å². The van der Waals surface area contributed by atoms with Crippen LogP contribution >= 0.6 is 0 Å². The second kappa shape index (κ2) is 9.29. The summed E-state index contributed by atoms with van der Waals surface area (Å²) in [6.45, 7) is 7.63. The maximum atomic E-state index is 5.91. The summed E-state index contributed by atoms with van der Waals surface area (Å²) in [5.74, 6) is 0. The van der Waals surface area contributed by atoms with E-state index in [1.54, 1.807) is 0 Å². The van der Waals surface area contributed by atoms with Crippen LogP contribution in [0.5, 0.6) is 0 Å². The SMILES string of the molecule is CC(C)(CCCOCc1ccccc1)COC1CCCCO1. The number of hydrogen-bond acceptors (Lipinski definition) is 3. The molecule has 0 amide bonds. The van der Waals surface area contributed by atoms with Crippen LogP contribution in [0.1, 0.15) is 51.5 Å². The first-order chi connectivity index (χ1) is 10.7. The Kier molecular flexibility index (Phi) is 7.37. The van der Waals surface area contributed by atoms with Crippen LogP contribution in [0.4, 0.5) is 0 Å². The average molecular weight is 306 g/mol. The molecule has 0 aliphatic carbocycles. The van der Waals surface area contributed by atoms with Crippen molar-refractivity contribution in [2.24, 2.45) is 5.41 Å². The lowest BCUT2D eigenvalue weighted by molar-refractivity contribution is -0.176. The minimum Gasteiger partial charge on any atom is -0.377 e. The molecule has 1 saturated heterocycles. The van der Waals surface area contributed by atoms with Gasteiger partial charge in [0.1, 0.15) is 0 Å². The third-order valence-electron chi connectivity index (χ3n) is 4.05. The maximum absolute atomic E-state index is 5.91. The van der Waals surface area contributed by atoms with Gasteiger partial charge in [0, 0.05) is 13.2 Å². The van der Waals surface area contributed by atoms with Crippen molar-refractivity contribution in [3.05, 3.63) is 35.9 Å². The highest BCUT2D eigenvalue weighted by Gasteiger charge is 2.22. The van der Waals surface area contributed by atoms with E-state index < -0.39 is 0 Å². The maximum Gasteiger partial charge on any atom is 0.157 e. The van der Waals surface area contributed by atoms with E-state index in [0.29, 0.717) is 6.61 Å². The van der Waals surface area contributed by atoms with Gasteiger partial charge in [0.05, 0.1) is 13.2 Å². The Morgan fingerprint density at radius 2 is 2.00 bits per heavy atom. The second-order valence-electron chi connectivity index (χ2n) is 6.91. The van der Waals surface area contributed by atoms with E-state index in [4.69, 9.17) is 14.2 Å². The highest BCUT2D eigenvalue weighted by atomic mass is 16.7. The van der Waals surface area contributed by atoms with Crippen molar-refractivity contribution in [1.82, 2.24) is 0 Å². The molecule has 124 valence electrons. The number of ether oxygens (including phenoxy) is 3. The van der Waals surface area contributed by atoms with Crippen molar-refractivity contribution in [2.45, 2.75) is 58.8 Å². The minimum atomic E-state index is 0.0161. The first-order valence-corrected chi connectivity index (χ1v) is 8.51. The number of hydrogen-bond donors (Lipinski definition) is 0. The molecule has 1 aromatic rings. The third kappa shape index (κ3) is 6.91. The van der Waals surface area contributed by atoms with Gasteiger partial charge in [-0.25, -0.2) is 0 Å². The Labute approximate surface area is 135 Å². The highest BCUT2D eigenvalue weighted by molar-refractivity contribution is 5.13. The van der Waals surface area contributed by atoms with Gasteiger partial charge in [0.15, 0.2) is 6.29 Å². The molecule has 22 heavy (non-hydrogen) atoms. The van der Waals surface area contributed by atoms with Gasteiger partial charge in [-0.3, -0.25) is 0 Å². The summed E-state index contributed by atoms with van der Waals surface area (Å²) in [5.41, 5.74) is 1.41. The molecule has 1 atom stereocenters. The lowest BCUT2D eigenvalue weighted by Gasteiger charge is -2.29. The molecule has 3 heteroatoms. The predicted octanol–water partition coefficient (Wildman–Crippen LogP) is 4.55. The van der Waals surface area contributed by atoms with Crippen LogP contribution in [-0.4, -0.2) is 26.1 Å². The molecule has 0 bridgehead atoms. The molecule has 1 aliphatic heterocycles. The van der Waals surface area contributed by atoms with Gasteiger partial charge in [-0.05, 0) is 43.1 Å². The molecule has 0 radical (unpaired) electrons. The monoisotopic (exact) mass is 306 g/mol. The predicted molar refractivity (Wildman–Crippen MR) is 88.7 cm³/mol. The fraction of sp³-hybridized carbons (Fsp3) is 0.684. The molecule has 2 rings (SSSR count). The van der Waals surface area contributed by atoms with E-state index >= 15 is 0 Å². The molecule has 1 fully saturated rings. The summed E-state index contributed by atoms with van der Waals surface area (Å²) in [4.78, 5) is 0. The molecule has 1 unspecified atom stereocenters.